The summed E-state index contributed by atoms with van der Waals surface area (Å²) in [5.74, 6) is -0.151. The summed E-state index contributed by atoms with van der Waals surface area (Å²) in [4.78, 5) is 11.0. The number of epoxide rings is 1. The monoisotopic (exact) mass is 217 g/mol. The fraction of sp³-hybridized carbons (Fsp3) is 0.889. The highest BCUT2D eigenvalue weighted by Crippen LogP contribution is 2.37. The van der Waals surface area contributed by atoms with E-state index in [1.807, 2.05) is 0 Å². The summed E-state index contributed by atoms with van der Waals surface area (Å²) in [5.41, 5.74) is 0. The number of aliphatic hydroxyl groups excluding tert-OH is 1. The number of ether oxygens (including phenoxy) is 3. The quantitative estimate of drug-likeness (QED) is 0.570. The fourth-order valence-corrected chi connectivity index (χ4v) is 1.95. The Morgan fingerprint density at radius 2 is 2.20 bits per heavy atom. The topological polar surface area (TPSA) is 80.3 Å². The molecule has 6 nitrogen and oxygen atoms in total. The molecule has 5 atom stereocenters. The van der Waals surface area contributed by atoms with Gasteiger partial charge in [0, 0.05) is 14.0 Å². The molecule has 2 fully saturated rings. The third kappa shape index (κ3) is 1.98. The van der Waals surface area contributed by atoms with Crippen LogP contribution in [0.5, 0.6) is 0 Å². The van der Waals surface area contributed by atoms with Crippen LogP contribution >= 0.6 is 0 Å². The number of amides is 1. The van der Waals surface area contributed by atoms with Crippen molar-refractivity contribution in [2.24, 2.45) is 0 Å². The van der Waals surface area contributed by atoms with E-state index in [-0.39, 0.29) is 36.9 Å². The molecule has 6 heteroatoms. The number of methoxy groups -OCH3 is 1. The highest BCUT2D eigenvalue weighted by molar-refractivity contribution is 5.73. The number of fused-ring (bicyclic) bond motifs is 1. The van der Waals surface area contributed by atoms with E-state index in [9.17, 15) is 4.79 Å². The third-order valence-corrected chi connectivity index (χ3v) is 2.67. The Morgan fingerprint density at radius 3 is 2.73 bits per heavy atom. The largest absolute Gasteiger partial charge is 0.394 e. The van der Waals surface area contributed by atoms with Gasteiger partial charge in [-0.25, -0.2) is 0 Å². The lowest BCUT2D eigenvalue weighted by Crippen LogP contribution is -2.55. The van der Waals surface area contributed by atoms with Gasteiger partial charge in [0.05, 0.1) is 6.61 Å². The number of hydrogen-bond donors (Lipinski definition) is 2. The molecular weight excluding hydrogens is 202 g/mol. The fourth-order valence-electron chi connectivity index (χ4n) is 1.95. The summed E-state index contributed by atoms with van der Waals surface area (Å²) in [6, 6.07) is -0.291. The van der Waals surface area contributed by atoms with Crippen molar-refractivity contribution in [2.45, 2.75) is 37.6 Å². The molecule has 2 heterocycles. The normalized spacial score (nSPS) is 43.3. The maximum atomic E-state index is 11.0. The first-order valence-corrected chi connectivity index (χ1v) is 4.89. The minimum Gasteiger partial charge on any atom is -0.394 e. The molecule has 2 saturated heterocycles. The lowest BCUT2D eigenvalue weighted by atomic mass is 10.0. The average molecular weight is 217 g/mol. The van der Waals surface area contributed by atoms with Crippen molar-refractivity contribution >= 4 is 5.91 Å². The van der Waals surface area contributed by atoms with E-state index in [0.717, 1.165) is 0 Å². The van der Waals surface area contributed by atoms with E-state index < -0.39 is 6.29 Å². The van der Waals surface area contributed by atoms with E-state index in [4.69, 9.17) is 19.3 Å². The van der Waals surface area contributed by atoms with Gasteiger partial charge < -0.3 is 24.6 Å². The number of carbonyl (C=O) groups excluding carboxylic acids is 1. The molecule has 0 spiro atoms. The zero-order valence-electron chi connectivity index (χ0n) is 8.67. The van der Waals surface area contributed by atoms with E-state index >= 15 is 0 Å². The highest BCUT2D eigenvalue weighted by Gasteiger charge is 2.58. The summed E-state index contributed by atoms with van der Waals surface area (Å²) < 4.78 is 15.9. The number of carbonyl (C=O) groups is 1. The molecule has 0 aromatic heterocycles. The summed E-state index contributed by atoms with van der Waals surface area (Å²) in [5, 5.41) is 11.7. The van der Waals surface area contributed by atoms with Crippen LogP contribution in [0.25, 0.3) is 0 Å². The molecular formula is C9H15NO5. The Hall–Kier alpha value is -0.690. The minimum atomic E-state index is -0.560. The molecule has 0 bridgehead atoms. The van der Waals surface area contributed by atoms with Crippen LogP contribution in [0.2, 0.25) is 0 Å². The SMILES string of the molecule is CO[C@@H]1O[C@H](CO)[C@H]2O[C@H]2[C@H]1NC(C)=O. The predicted molar refractivity (Wildman–Crippen MR) is 49.0 cm³/mol. The van der Waals surface area contributed by atoms with Crippen molar-refractivity contribution < 1.29 is 24.1 Å². The van der Waals surface area contributed by atoms with Crippen molar-refractivity contribution in [1.29, 1.82) is 0 Å². The molecule has 0 aliphatic carbocycles. The lowest BCUT2D eigenvalue weighted by molar-refractivity contribution is -0.193. The molecule has 0 saturated carbocycles. The Morgan fingerprint density at radius 1 is 1.47 bits per heavy atom. The number of hydrogen-bond acceptors (Lipinski definition) is 5. The van der Waals surface area contributed by atoms with Crippen LogP contribution < -0.4 is 5.32 Å². The van der Waals surface area contributed by atoms with Crippen LogP contribution in [0.15, 0.2) is 0 Å². The maximum absolute atomic E-state index is 11.0. The van der Waals surface area contributed by atoms with Crippen LogP contribution in [0.4, 0.5) is 0 Å². The van der Waals surface area contributed by atoms with Crippen molar-refractivity contribution in [3.05, 3.63) is 0 Å². The molecule has 15 heavy (non-hydrogen) atoms. The van der Waals surface area contributed by atoms with Gasteiger partial charge in [-0.15, -0.1) is 0 Å². The first-order chi connectivity index (χ1) is 7.17. The van der Waals surface area contributed by atoms with Gasteiger partial charge in [0.15, 0.2) is 6.29 Å². The van der Waals surface area contributed by atoms with Gasteiger partial charge >= 0.3 is 0 Å². The van der Waals surface area contributed by atoms with Crippen LogP contribution in [-0.2, 0) is 19.0 Å². The van der Waals surface area contributed by atoms with Gasteiger partial charge in [-0.2, -0.15) is 0 Å². The molecule has 2 aliphatic heterocycles. The minimum absolute atomic E-state index is 0.103. The molecule has 1 amide bonds. The third-order valence-electron chi connectivity index (χ3n) is 2.67. The van der Waals surface area contributed by atoms with Gasteiger partial charge in [0.25, 0.3) is 0 Å². The summed E-state index contributed by atoms with van der Waals surface area (Å²) in [6.07, 6.45) is -1.15. The highest BCUT2D eigenvalue weighted by atomic mass is 16.7. The second-order valence-corrected chi connectivity index (χ2v) is 3.75. The second-order valence-electron chi connectivity index (χ2n) is 3.75. The molecule has 2 aliphatic rings. The van der Waals surface area contributed by atoms with Crippen molar-refractivity contribution in [3.63, 3.8) is 0 Å². The van der Waals surface area contributed by atoms with Crippen LogP contribution in [0.3, 0.4) is 0 Å². The Balaban J connectivity index is 2.02. The van der Waals surface area contributed by atoms with E-state index in [0.29, 0.717) is 0 Å². The molecule has 2 N–H and O–H groups in total. The molecule has 0 radical (unpaired) electrons. The van der Waals surface area contributed by atoms with Crippen molar-refractivity contribution in [3.8, 4) is 0 Å². The second kappa shape index (κ2) is 4.05. The van der Waals surface area contributed by atoms with Crippen LogP contribution in [-0.4, -0.2) is 55.4 Å². The maximum Gasteiger partial charge on any atom is 0.217 e. The summed E-state index contributed by atoms with van der Waals surface area (Å²) in [6.45, 7) is 1.33. The van der Waals surface area contributed by atoms with Gasteiger partial charge in [-0.3, -0.25) is 4.79 Å². The zero-order chi connectivity index (χ0) is 11.0. The van der Waals surface area contributed by atoms with E-state index in [1.54, 1.807) is 0 Å². The molecule has 0 aromatic carbocycles. The smallest absolute Gasteiger partial charge is 0.217 e. The first-order valence-electron chi connectivity index (χ1n) is 4.89. The van der Waals surface area contributed by atoms with Gasteiger partial charge in [-0.05, 0) is 0 Å². The molecule has 2 rings (SSSR count). The Labute approximate surface area is 87.5 Å². The van der Waals surface area contributed by atoms with Crippen molar-refractivity contribution in [2.75, 3.05) is 13.7 Å². The molecule has 0 unspecified atom stereocenters. The van der Waals surface area contributed by atoms with Crippen LogP contribution in [0, 0.1) is 0 Å². The number of aliphatic hydroxyl groups is 1. The lowest BCUT2D eigenvalue weighted by Gasteiger charge is -2.32. The summed E-state index contributed by atoms with van der Waals surface area (Å²) >= 11 is 0. The summed E-state index contributed by atoms with van der Waals surface area (Å²) in [7, 11) is 1.50. The number of rotatable bonds is 3. The van der Waals surface area contributed by atoms with E-state index in [2.05, 4.69) is 5.32 Å². The first kappa shape index (κ1) is 10.8. The van der Waals surface area contributed by atoms with E-state index in [1.165, 1.54) is 14.0 Å². The Bertz CT molecular complexity index is 259. The zero-order valence-corrected chi connectivity index (χ0v) is 8.67. The van der Waals surface area contributed by atoms with Gasteiger partial charge in [0.2, 0.25) is 5.91 Å². The van der Waals surface area contributed by atoms with Gasteiger partial charge in [-0.1, -0.05) is 0 Å². The molecule has 86 valence electrons. The predicted octanol–water partition coefficient (Wildman–Crippen LogP) is -1.38. The molecule has 0 aromatic rings. The Kier molecular flexibility index (Phi) is 2.92. The average Bonchev–Trinajstić information content (AvgIpc) is 2.97. The van der Waals surface area contributed by atoms with Crippen LogP contribution in [0.1, 0.15) is 6.92 Å². The van der Waals surface area contributed by atoms with Gasteiger partial charge in [0.1, 0.15) is 24.4 Å². The number of nitrogens with one attached hydrogen (secondary N) is 1. The standard InChI is InChI=1S/C9H15NO5/c1-4(12)10-6-8-7(15-8)5(3-11)14-9(6)13-2/h5-9,11H,3H2,1-2H3,(H,10,12)/t5-,6-,7-,8+,9-/m1/s1. The van der Waals surface area contributed by atoms with Crippen molar-refractivity contribution in [1.82, 2.24) is 5.32 Å².